The average molecular weight is 490 g/mol. The Labute approximate surface area is 212 Å². The van der Waals surface area contributed by atoms with Gasteiger partial charge in [-0.1, -0.05) is 66.9 Å². The molecule has 5 rings (SSSR count). The highest BCUT2D eigenvalue weighted by atomic mass is 35.5. The number of hydrogen-bond donors (Lipinski definition) is 2. The molecule has 0 spiro atoms. The van der Waals surface area contributed by atoms with Crippen LogP contribution in [0.2, 0.25) is 5.02 Å². The number of fused-ring (bicyclic) bond motifs is 1. The number of rotatable bonds is 4. The Morgan fingerprint density at radius 2 is 1.80 bits per heavy atom. The quantitative estimate of drug-likeness (QED) is 0.287. The third-order valence-corrected chi connectivity index (χ3v) is 8.78. The van der Waals surface area contributed by atoms with Gasteiger partial charge in [0.25, 0.3) is 0 Å². The smallest absolute Gasteiger partial charge is 0.233 e. The van der Waals surface area contributed by atoms with Gasteiger partial charge >= 0.3 is 0 Å². The van der Waals surface area contributed by atoms with Gasteiger partial charge in [0.15, 0.2) is 6.19 Å². The van der Waals surface area contributed by atoms with Crippen LogP contribution in [-0.4, -0.2) is 42.4 Å². The summed E-state index contributed by atoms with van der Waals surface area (Å²) in [6.07, 6.45) is 8.62. The van der Waals surface area contributed by atoms with Gasteiger partial charge in [0, 0.05) is 36.1 Å². The molecule has 2 N–H and O–H groups in total. The van der Waals surface area contributed by atoms with Gasteiger partial charge in [0.05, 0.1) is 5.41 Å². The van der Waals surface area contributed by atoms with Crippen molar-refractivity contribution in [3.8, 4) is 6.19 Å². The van der Waals surface area contributed by atoms with E-state index in [4.69, 9.17) is 16.9 Å². The fourth-order valence-corrected chi connectivity index (χ4v) is 6.84. The number of benzene rings is 2. The van der Waals surface area contributed by atoms with Crippen LogP contribution in [0, 0.1) is 11.5 Å². The molecule has 2 saturated carbocycles. The first-order valence-electron chi connectivity index (χ1n) is 12.5. The number of nitrogens with one attached hydrogen (secondary N) is 2. The summed E-state index contributed by atoms with van der Waals surface area (Å²) < 4.78 is 0. The molecule has 1 unspecified atom stereocenters. The van der Waals surface area contributed by atoms with E-state index in [2.05, 4.69) is 50.9 Å². The molecular weight excluding hydrogens is 458 g/mol. The molecule has 6 nitrogen and oxygen atoms in total. The molecule has 1 heterocycles. The lowest BCUT2D eigenvalue weighted by molar-refractivity contribution is -0.157. The van der Waals surface area contributed by atoms with Crippen molar-refractivity contribution in [3.05, 3.63) is 70.7 Å². The van der Waals surface area contributed by atoms with Crippen LogP contribution in [0.1, 0.15) is 56.1 Å². The Morgan fingerprint density at radius 1 is 1.09 bits per heavy atom. The minimum absolute atomic E-state index is 0.0267. The van der Waals surface area contributed by atoms with E-state index in [1.54, 1.807) is 7.05 Å². The number of halogens is 1. The Balaban J connectivity index is 1.45. The second-order valence-corrected chi connectivity index (χ2v) is 10.6. The van der Waals surface area contributed by atoms with E-state index < -0.39 is 5.41 Å². The third kappa shape index (κ3) is 4.06. The summed E-state index contributed by atoms with van der Waals surface area (Å²) in [7, 11) is 1.67. The lowest BCUT2D eigenvalue weighted by atomic mass is 9.58. The number of nitrogens with zero attached hydrogens (tertiary/aromatic N) is 3. The lowest BCUT2D eigenvalue weighted by Gasteiger charge is -2.63. The van der Waals surface area contributed by atoms with Crippen LogP contribution < -0.4 is 10.6 Å². The van der Waals surface area contributed by atoms with Crippen molar-refractivity contribution in [1.82, 2.24) is 15.5 Å². The summed E-state index contributed by atoms with van der Waals surface area (Å²) in [6.45, 7) is 0.758. The standard InChI is InChI=1S/C28H32ClN5O/c1-31-26(32-19-30)33-23-13-16-28(20-7-3-2-4-8-20)18-34(24(28)17-23)25(35)27(14-5-6-15-27)21-9-11-22(29)12-10-21/h2-4,7-12,23-24H,5-6,13-18H2,1H3,(H2,31,32,33)/t23-,24?,28-/m0/s1. The molecule has 182 valence electrons. The molecule has 2 aromatic carbocycles. The van der Waals surface area contributed by atoms with Crippen LogP contribution in [-0.2, 0) is 15.6 Å². The van der Waals surface area contributed by atoms with Crippen LogP contribution in [0.4, 0.5) is 0 Å². The van der Waals surface area contributed by atoms with Crippen molar-refractivity contribution in [2.75, 3.05) is 13.6 Å². The monoisotopic (exact) mass is 489 g/mol. The normalized spacial score (nSPS) is 27.3. The van der Waals surface area contributed by atoms with Crippen molar-refractivity contribution in [3.63, 3.8) is 0 Å². The van der Waals surface area contributed by atoms with E-state index in [0.29, 0.717) is 11.0 Å². The van der Waals surface area contributed by atoms with Gasteiger partial charge in [-0.05, 0) is 55.4 Å². The van der Waals surface area contributed by atoms with Gasteiger partial charge in [-0.25, -0.2) is 0 Å². The molecule has 1 amide bonds. The van der Waals surface area contributed by atoms with Gasteiger partial charge < -0.3 is 10.2 Å². The first-order valence-corrected chi connectivity index (χ1v) is 12.9. The van der Waals surface area contributed by atoms with Crippen LogP contribution >= 0.6 is 11.6 Å². The molecule has 35 heavy (non-hydrogen) atoms. The molecule has 7 heteroatoms. The summed E-state index contributed by atoms with van der Waals surface area (Å²) in [5, 5.41) is 15.8. The maximum absolute atomic E-state index is 14.3. The van der Waals surface area contributed by atoms with E-state index in [1.165, 1.54) is 5.56 Å². The molecular formula is C28H32ClN5O. The van der Waals surface area contributed by atoms with Gasteiger partial charge in [-0.3, -0.25) is 15.1 Å². The zero-order valence-electron chi connectivity index (χ0n) is 20.1. The minimum atomic E-state index is -0.466. The molecule has 0 aromatic heterocycles. The highest BCUT2D eigenvalue weighted by Crippen LogP contribution is 2.53. The van der Waals surface area contributed by atoms with Crippen LogP contribution in [0.5, 0.6) is 0 Å². The van der Waals surface area contributed by atoms with Crippen LogP contribution in [0.15, 0.2) is 59.6 Å². The van der Waals surface area contributed by atoms with Gasteiger partial charge in [-0.15, -0.1) is 0 Å². The predicted molar refractivity (Wildman–Crippen MR) is 138 cm³/mol. The minimum Gasteiger partial charge on any atom is -0.353 e. The van der Waals surface area contributed by atoms with Crippen LogP contribution in [0.3, 0.4) is 0 Å². The molecule has 3 fully saturated rings. The van der Waals surface area contributed by atoms with Crippen molar-refractivity contribution in [2.24, 2.45) is 4.99 Å². The average Bonchev–Trinajstić information content (AvgIpc) is 3.37. The summed E-state index contributed by atoms with van der Waals surface area (Å²) in [4.78, 5) is 20.7. The SMILES string of the molecule is CN=C(NC#N)N[C@H]1CC[C@@]2(c3ccccc3)CN(C(=O)C3(c4ccc(Cl)cc4)CCCC3)C2C1. The molecule has 0 radical (unpaired) electrons. The summed E-state index contributed by atoms with van der Waals surface area (Å²) in [5.74, 6) is 0.740. The lowest BCUT2D eigenvalue weighted by Crippen LogP contribution is -2.74. The predicted octanol–water partition coefficient (Wildman–Crippen LogP) is 4.50. The Bertz CT molecular complexity index is 1140. The summed E-state index contributed by atoms with van der Waals surface area (Å²) in [6, 6.07) is 18.8. The summed E-state index contributed by atoms with van der Waals surface area (Å²) in [5.41, 5.74) is 1.91. The van der Waals surface area contributed by atoms with E-state index in [1.807, 2.05) is 30.5 Å². The molecule has 2 aromatic rings. The first kappa shape index (κ1) is 23.7. The van der Waals surface area contributed by atoms with Gasteiger partial charge in [0.1, 0.15) is 0 Å². The highest BCUT2D eigenvalue weighted by Gasteiger charge is 2.60. The number of likely N-dealkylation sites (tertiary alicyclic amines) is 1. The third-order valence-electron chi connectivity index (χ3n) is 8.52. The maximum atomic E-state index is 14.3. The van der Waals surface area contributed by atoms with Crippen molar-refractivity contribution < 1.29 is 4.79 Å². The molecule has 1 saturated heterocycles. The van der Waals surface area contributed by atoms with Crippen molar-refractivity contribution >= 4 is 23.5 Å². The molecule has 0 bridgehead atoms. The molecule has 3 atom stereocenters. The summed E-state index contributed by atoms with van der Waals surface area (Å²) >= 11 is 6.18. The zero-order valence-corrected chi connectivity index (χ0v) is 20.9. The van der Waals surface area contributed by atoms with E-state index >= 15 is 0 Å². The number of carbonyl (C=O) groups is 1. The fourth-order valence-electron chi connectivity index (χ4n) is 6.72. The Morgan fingerprint density at radius 3 is 2.46 bits per heavy atom. The molecule has 3 aliphatic rings. The number of guanidine groups is 1. The van der Waals surface area contributed by atoms with Gasteiger partial charge in [-0.2, -0.15) is 5.26 Å². The Kier molecular flexibility index (Phi) is 6.46. The number of hydrogen-bond acceptors (Lipinski definition) is 3. The van der Waals surface area contributed by atoms with Crippen molar-refractivity contribution in [2.45, 2.75) is 67.9 Å². The number of nitriles is 1. The van der Waals surface area contributed by atoms with Crippen molar-refractivity contribution in [1.29, 1.82) is 5.26 Å². The fraction of sp³-hybridized carbons (Fsp3) is 0.464. The number of amides is 1. The van der Waals surface area contributed by atoms with E-state index in [-0.39, 0.29) is 23.4 Å². The van der Waals surface area contributed by atoms with Gasteiger partial charge in [0.2, 0.25) is 11.9 Å². The first-order chi connectivity index (χ1) is 17.0. The highest BCUT2D eigenvalue weighted by molar-refractivity contribution is 6.30. The van der Waals surface area contributed by atoms with E-state index in [9.17, 15) is 4.79 Å². The molecule has 2 aliphatic carbocycles. The second-order valence-electron chi connectivity index (χ2n) is 10.2. The number of aliphatic imine (C=N–C) groups is 1. The maximum Gasteiger partial charge on any atom is 0.233 e. The largest absolute Gasteiger partial charge is 0.353 e. The topological polar surface area (TPSA) is 80.5 Å². The van der Waals surface area contributed by atoms with E-state index in [0.717, 1.165) is 57.1 Å². The zero-order chi connectivity index (χ0) is 24.5. The van der Waals surface area contributed by atoms with Crippen LogP contribution in [0.25, 0.3) is 0 Å². The molecule has 1 aliphatic heterocycles. The Hall–Kier alpha value is -3.04. The number of carbonyl (C=O) groups excluding carboxylic acids is 1. The second kappa shape index (κ2) is 9.54.